The van der Waals surface area contributed by atoms with E-state index >= 15 is 0 Å². The minimum Gasteiger partial charge on any atom is -0.455 e. The van der Waals surface area contributed by atoms with E-state index in [1.165, 1.54) is 63.5 Å². The maximum absolute atomic E-state index is 6.90. The van der Waals surface area contributed by atoms with Gasteiger partial charge >= 0.3 is 0 Å². The zero-order valence-electron chi connectivity index (χ0n) is 16.8. The van der Waals surface area contributed by atoms with Crippen molar-refractivity contribution in [2.24, 2.45) is 11.8 Å². The van der Waals surface area contributed by atoms with E-state index in [1.807, 2.05) is 0 Å². The van der Waals surface area contributed by atoms with Crippen LogP contribution in [0.2, 0.25) is 38.3 Å². The minimum atomic E-state index is -1.53. The molecule has 2 aliphatic heterocycles. The summed E-state index contributed by atoms with van der Waals surface area (Å²) in [6.45, 7) is 9.85. The molecular weight excluding hydrogens is 344 g/mol. The Morgan fingerprint density at radius 3 is 1.52 bits per heavy atom. The molecule has 0 radical (unpaired) electrons. The van der Waals surface area contributed by atoms with Crippen LogP contribution < -0.4 is 0 Å². The van der Waals surface area contributed by atoms with Crippen molar-refractivity contribution in [3.63, 3.8) is 0 Å². The smallest absolute Gasteiger partial charge is 0.173 e. The van der Waals surface area contributed by atoms with E-state index in [-0.39, 0.29) is 0 Å². The van der Waals surface area contributed by atoms with Gasteiger partial charge < -0.3 is 13.6 Å². The average molecular weight is 383 g/mol. The maximum atomic E-state index is 6.90. The summed E-state index contributed by atoms with van der Waals surface area (Å²) in [6.07, 6.45) is 13.3. The van der Waals surface area contributed by atoms with Crippen molar-refractivity contribution in [1.29, 1.82) is 0 Å². The van der Waals surface area contributed by atoms with Crippen LogP contribution in [0.1, 0.15) is 51.4 Å². The molecule has 0 N–H and O–H groups in total. The normalized spacial score (nSPS) is 40.3. The second-order valence-electron chi connectivity index (χ2n) is 10.5. The summed E-state index contributed by atoms with van der Waals surface area (Å²) < 4.78 is 18.3. The second kappa shape index (κ2) is 7.04. The lowest BCUT2D eigenvalue weighted by molar-refractivity contribution is 0.352. The summed E-state index contributed by atoms with van der Waals surface area (Å²) in [6, 6.07) is 2.68. The number of hydrogen-bond acceptors (Lipinski definition) is 3. The van der Waals surface area contributed by atoms with E-state index in [4.69, 9.17) is 13.6 Å². The summed E-state index contributed by atoms with van der Waals surface area (Å²) in [5.74, 6) is 1.80. The monoisotopic (exact) mass is 382 g/mol. The molecule has 4 rings (SSSR count). The molecule has 144 valence electrons. The van der Waals surface area contributed by atoms with Crippen LogP contribution in [-0.2, 0) is 13.6 Å². The van der Waals surface area contributed by atoms with Gasteiger partial charge in [-0.15, -0.1) is 0 Å². The van der Waals surface area contributed by atoms with Crippen LogP contribution >= 0.6 is 0 Å². The Bertz CT molecular complexity index is 440. The molecule has 0 bridgehead atoms. The van der Waals surface area contributed by atoms with Crippen molar-refractivity contribution in [1.82, 2.24) is 0 Å². The lowest BCUT2D eigenvalue weighted by Gasteiger charge is -2.36. The highest BCUT2D eigenvalue weighted by molar-refractivity contribution is 6.84. The molecular formula is C20H38O3Si2. The van der Waals surface area contributed by atoms with Gasteiger partial charge in [0.15, 0.2) is 16.6 Å². The largest absolute Gasteiger partial charge is 0.455 e. The number of fused-ring (bicyclic) bond motifs is 2. The number of ether oxygens (including phenoxy) is 2. The predicted molar refractivity (Wildman–Crippen MR) is 107 cm³/mol. The van der Waals surface area contributed by atoms with Gasteiger partial charge in [0.25, 0.3) is 0 Å². The number of rotatable bonds is 8. The minimum absolute atomic E-state index is 0.626. The van der Waals surface area contributed by atoms with E-state index in [0.717, 1.165) is 11.8 Å². The molecule has 0 aromatic carbocycles. The first-order chi connectivity index (χ1) is 11.8. The molecule has 0 aromatic rings. The van der Waals surface area contributed by atoms with E-state index < -0.39 is 16.6 Å². The van der Waals surface area contributed by atoms with Crippen molar-refractivity contribution >= 4 is 16.6 Å². The Labute approximate surface area is 156 Å². The lowest BCUT2D eigenvalue weighted by Crippen LogP contribution is -2.44. The topological polar surface area (TPSA) is 34.3 Å². The zero-order valence-corrected chi connectivity index (χ0v) is 18.8. The highest BCUT2D eigenvalue weighted by atomic mass is 28.4. The van der Waals surface area contributed by atoms with Gasteiger partial charge in [-0.25, -0.2) is 0 Å². The van der Waals surface area contributed by atoms with Crippen LogP contribution in [0.4, 0.5) is 0 Å². The van der Waals surface area contributed by atoms with Crippen LogP contribution in [-0.4, -0.2) is 41.1 Å². The summed E-state index contributed by atoms with van der Waals surface area (Å²) in [4.78, 5) is 0. The van der Waals surface area contributed by atoms with Gasteiger partial charge in [-0.3, -0.25) is 0 Å². The van der Waals surface area contributed by atoms with Crippen molar-refractivity contribution in [2.45, 2.75) is 114 Å². The van der Waals surface area contributed by atoms with Crippen LogP contribution in [0, 0.1) is 11.8 Å². The molecule has 2 saturated carbocycles. The first kappa shape index (κ1) is 18.7. The van der Waals surface area contributed by atoms with E-state index in [1.54, 1.807) is 0 Å². The summed E-state index contributed by atoms with van der Waals surface area (Å²) in [7, 11) is -3.05. The first-order valence-corrected chi connectivity index (χ1v) is 17.0. The summed E-state index contributed by atoms with van der Waals surface area (Å²) >= 11 is 0. The average Bonchev–Trinajstić information content (AvgIpc) is 3.42. The van der Waals surface area contributed by atoms with Crippen molar-refractivity contribution in [2.75, 3.05) is 0 Å². The second-order valence-corrected chi connectivity index (χ2v) is 19.3. The quantitative estimate of drug-likeness (QED) is 0.420. The van der Waals surface area contributed by atoms with Crippen LogP contribution in [0.3, 0.4) is 0 Å². The third-order valence-electron chi connectivity index (χ3n) is 7.09. The first-order valence-electron chi connectivity index (χ1n) is 10.8. The molecule has 0 spiro atoms. The molecule has 0 amide bonds. The van der Waals surface area contributed by atoms with Crippen molar-refractivity contribution in [3.8, 4) is 0 Å². The number of hydrogen-bond donors (Lipinski definition) is 0. The van der Waals surface area contributed by atoms with Gasteiger partial charge in [-0.2, -0.15) is 0 Å². The van der Waals surface area contributed by atoms with Crippen LogP contribution in [0.25, 0.3) is 0 Å². The molecule has 0 unspecified atom stereocenters. The van der Waals surface area contributed by atoms with Gasteiger partial charge in [0.05, 0.1) is 24.4 Å². The Kier molecular flexibility index (Phi) is 5.26. The molecule has 4 aliphatic rings. The van der Waals surface area contributed by atoms with Gasteiger partial charge in [0.2, 0.25) is 0 Å². The Morgan fingerprint density at radius 2 is 1.12 bits per heavy atom. The lowest BCUT2D eigenvalue weighted by atomic mass is 9.88. The Hall–Kier alpha value is 0.314. The highest BCUT2D eigenvalue weighted by Crippen LogP contribution is 2.43. The van der Waals surface area contributed by atoms with Gasteiger partial charge in [0, 0.05) is 0 Å². The third-order valence-corrected chi connectivity index (χ3v) is 14.5. The molecule has 2 saturated heterocycles. The van der Waals surface area contributed by atoms with Crippen LogP contribution in [0.15, 0.2) is 0 Å². The molecule has 3 nitrogen and oxygen atoms in total. The predicted octanol–water partition coefficient (Wildman–Crippen LogP) is 5.33. The maximum Gasteiger partial charge on any atom is 0.173 e. The molecule has 0 aromatic heterocycles. The Balaban J connectivity index is 1.18. The standard InChI is InChI=1S/C20H38O3Si2/c1-24(2,11-9-15-5-7-17-19(13-15)21-17)23-25(3,4)12-10-16-6-8-18-20(14-16)22-18/h15-20H,5-14H2,1-4H3/t15-,16-,17-,18+,19+,20+/m0/s1. The fourth-order valence-electron chi connectivity index (χ4n) is 5.45. The summed E-state index contributed by atoms with van der Waals surface area (Å²) in [5, 5.41) is 0. The highest BCUT2D eigenvalue weighted by Gasteiger charge is 2.45. The molecule has 2 heterocycles. The van der Waals surface area contributed by atoms with E-state index in [9.17, 15) is 0 Å². The summed E-state index contributed by atoms with van der Waals surface area (Å²) in [5.41, 5.74) is 0. The van der Waals surface area contributed by atoms with E-state index in [2.05, 4.69) is 26.2 Å². The molecule has 5 heteroatoms. The SMILES string of the molecule is C[Si](C)(CC[C@@H]1CC[C@@H]2O[C@@H]2C1)O[Si](C)(C)CC[C@@H]1CC[C@H]2O[C@@H]2C1. The molecule has 6 atom stereocenters. The molecule has 4 fully saturated rings. The zero-order chi connectivity index (χ0) is 17.7. The van der Waals surface area contributed by atoms with Gasteiger partial charge in [0.1, 0.15) is 0 Å². The van der Waals surface area contributed by atoms with E-state index in [0.29, 0.717) is 24.4 Å². The van der Waals surface area contributed by atoms with Crippen molar-refractivity contribution in [3.05, 3.63) is 0 Å². The van der Waals surface area contributed by atoms with Crippen LogP contribution in [0.5, 0.6) is 0 Å². The number of epoxide rings is 2. The molecule has 2 aliphatic carbocycles. The molecule has 25 heavy (non-hydrogen) atoms. The Morgan fingerprint density at radius 1 is 0.680 bits per heavy atom. The van der Waals surface area contributed by atoms with Gasteiger partial charge in [-0.05, 0) is 88.6 Å². The fraction of sp³-hybridized carbons (Fsp3) is 1.00. The van der Waals surface area contributed by atoms with Gasteiger partial charge in [-0.1, -0.05) is 12.8 Å². The fourth-order valence-corrected chi connectivity index (χ4v) is 14.5. The van der Waals surface area contributed by atoms with Crippen molar-refractivity contribution < 1.29 is 13.6 Å². The third kappa shape index (κ3) is 5.19.